The van der Waals surface area contributed by atoms with Gasteiger partial charge in [-0.3, -0.25) is 0 Å². The molecule has 62 valence electrons. The average Bonchev–Trinajstić information content (AvgIpc) is 2.46. The van der Waals surface area contributed by atoms with Crippen molar-refractivity contribution in [2.75, 3.05) is 0 Å². The number of aryl methyl sites for hydroxylation is 1. The summed E-state index contributed by atoms with van der Waals surface area (Å²) in [5.41, 5.74) is 0.534. The Labute approximate surface area is 68.9 Å². The highest BCUT2D eigenvalue weighted by Gasteiger charge is 2.03. The second kappa shape index (κ2) is 2.57. The predicted molar refractivity (Wildman–Crippen MR) is 42.5 cm³/mol. The van der Waals surface area contributed by atoms with Gasteiger partial charge in [0.1, 0.15) is 18.2 Å². The van der Waals surface area contributed by atoms with E-state index in [0.717, 1.165) is 5.39 Å². The van der Waals surface area contributed by atoms with Crippen LogP contribution in [-0.2, 0) is 6.61 Å². The minimum absolute atomic E-state index is 0.102. The lowest BCUT2D eigenvalue weighted by Gasteiger charge is -1.88. The van der Waals surface area contributed by atoms with Crippen molar-refractivity contribution >= 4 is 11.1 Å². The van der Waals surface area contributed by atoms with Crippen molar-refractivity contribution in [1.29, 1.82) is 0 Å². The number of fused-ring (bicyclic) bond motifs is 1. The molecule has 0 saturated heterocycles. The predicted octanol–water partition coefficient (Wildman–Crippen LogP) is 1.02. The summed E-state index contributed by atoms with van der Waals surface area (Å²) in [6.07, 6.45) is 1.68. The molecule has 0 unspecified atom stereocenters. The third-order valence-electron chi connectivity index (χ3n) is 1.60. The quantitative estimate of drug-likeness (QED) is 0.683. The summed E-state index contributed by atoms with van der Waals surface area (Å²) in [6.45, 7) is 1.69. The zero-order valence-corrected chi connectivity index (χ0v) is 6.61. The Bertz CT molecular complexity index is 408. The number of rotatable bonds is 1. The molecule has 1 N–H and O–H groups in total. The normalized spacial score (nSPS) is 10.8. The summed E-state index contributed by atoms with van der Waals surface area (Å²) < 4.78 is 5.20. The van der Waals surface area contributed by atoms with Crippen molar-refractivity contribution in [2.24, 2.45) is 0 Å². The van der Waals surface area contributed by atoms with Gasteiger partial charge in [-0.05, 0) is 13.0 Å². The molecule has 2 aromatic heterocycles. The third kappa shape index (κ3) is 1.06. The molecule has 0 spiro atoms. The lowest BCUT2D eigenvalue weighted by atomic mass is 10.4. The number of furan rings is 1. The van der Waals surface area contributed by atoms with Gasteiger partial charge in [-0.2, -0.15) is 4.98 Å². The van der Waals surface area contributed by atoms with Crippen LogP contribution in [0.2, 0.25) is 0 Å². The van der Waals surface area contributed by atoms with E-state index >= 15 is 0 Å². The molecule has 0 bridgehead atoms. The van der Waals surface area contributed by atoms with E-state index in [1.807, 2.05) is 0 Å². The third-order valence-corrected chi connectivity index (χ3v) is 1.60. The number of hydrogen-bond acceptors (Lipinski definition) is 4. The van der Waals surface area contributed by atoms with Gasteiger partial charge in [0.15, 0.2) is 0 Å². The Morgan fingerprint density at radius 2 is 2.42 bits per heavy atom. The Morgan fingerprint density at radius 3 is 3.17 bits per heavy atom. The zero-order chi connectivity index (χ0) is 8.55. The van der Waals surface area contributed by atoms with Crippen LogP contribution in [0.15, 0.2) is 16.7 Å². The fourth-order valence-corrected chi connectivity index (χ4v) is 1.04. The van der Waals surface area contributed by atoms with Crippen LogP contribution < -0.4 is 0 Å². The molecule has 0 aromatic carbocycles. The van der Waals surface area contributed by atoms with Gasteiger partial charge in [-0.25, -0.2) is 4.98 Å². The Balaban J connectivity index is 2.67. The Kier molecular flexibility index (Phi) is 1.55. The van der Waals surface area contributed by atoms with E-state index in [1.165, 1.54) is 0 Å². The number of aliphatic hydroxyl groups is 1. The van der Waals surface area contributed by atoms with Crippen LogP contribution in [0, 0.1) is 6.92 Å². The molecule has 0 aliphatic carbocycles. The summed E-state index contributed by atoms with van der Waals surface area (Å²) in [6, 6.07) is 1.73. The lowest BCUT2D eigenvalue weighted by molar-refractivity contribution is 0.250. The number of aliphatic hydroxyl groups excluding tert-OH is 1. The van der Waals surface area contributed by atoms with Gasteiger partial charge < -0.3 is 9.52 Å². The van der Waals surface area contributed by atoms with Crippen molar-refractivity contribution in [3.63, 3.8) is 0 Å². The summed E-state index contributed by atoms with van der Waals surface area (Å²) >= 11 is 0. The van der Waals surface area contributed by atoms with E-state index in [1.54, 1.807) is 19.2 Å². The number of hydrogen-bond donors (Lipinski definition) is 1. The summed E-state index contributed by atoms with van der Waals surface area (Å²) in [5.74, 6) is 1.19. The summed E-state index contributed by atoms with van der Waals surface area (Å²) in [7, 11) is 0. The summed E-state index contributed by atoms with van der Waals surface area (Å²) in [5, 5.41) is 9.59. The number of aromatic nitrogens is 2. The monoisotopic (exact) mass is 164 g/mol. The number of nitrogens with zero attached hydrogens (tertiary/aromatic N) is 2. The molecular weight excluding hydrogens is 156 g/mol. The first kappa shape index (κ1) is 7.24. The smallest absolute Gasteiger partial charge is 0.229 e. The molecule has 0 amide bonds. The van der Waals surface area contributed by atoms with Crippen LogP contribution in [0.5, 0.6) is 0 Å². The molecule has 4 heteroatoms. The van der Waals surface area contributed by atoms with Gasteiger partial charge in [0.05, 0.1) is 5.39 Å². The van der Waals surface area contributed by atoms with E-state index in [0.29, 0.717) is 17.3 Å². The van der Waals surface area contributed by atoms with Crippen LogP contribution in [0.25, 0.3) is 11.1 Å². The van der Waals surface area contributed by atoms with Crippen LogP contribution in [-0.4, -0.2) is 15.1 Å². The van der Waals surface area contributed by atoms with Crippen molar-refractivity contribution in [1.82, 2.24) is 9.97 Å². The molecule has 0 radical (unpaired) electrons. The molecule has 12 heavy (non-hydrogen) atoms. The van der Waals surface area contributed by atoms with Crippen LogP contribution in [0.3, 0.4) is 0 Å². The van der Waals surface area contributed by atoms with Gasteiger partial charge in [0, 0.05) is 6.20 Å². The second-order valence-electron chi connectivity index (χ2n) is 2.55. The van der Waals surface area contributed by atoms with E-state index in [9.17, 15) is 0 Å². The van der Waals surface area contributed by atoms with Gasteiger partial charge in [0.25, 0.3) is 0 Å². The van der Waals surface area contributed by atoms with Crippen LogP contribution >= 0.6 is 0 Å². The molecular formula is C8H8N2O2. The maximum atomic E-state index is 8.77. The van der Waals surface area contributed by atoms with Gasteiger partial charge in [0.2, 0.25) is 5.71 Å². The molecule has 2 rings (SSSR count). The molecule has 2 heterocycles. The minimum Gasteiger partial charge on any atom is -0.440 e. The first-order chi connectivity index (χ1) is 5.79. The van der Waals surface area contributed by atoms with Gasteiger partial charge in [-0.1, -0.05) is 0 Å². The molecule has 0 aliphatic heterocycles. The minimum atomic E-state index is -0.102. The van der Waals surface area contributed by atoms with E-state index in [2.05, 4.69) is 9.97 Å². The molecule has 0 fully saturated rings. The van der Waals surface area contributed by atoms with Crippen molar-refractivity contribution in [3.8, 4) is 0 Å². The molecule has 0 saturated carbocycles. The van der Waals surface area contributed by atoms with E-state index in [4.69, 9.17) is 9.52 Å². The molecule has 0 atom stereocenters. The first-order valence-electron chi connectivity index (χ1n) is 3.62. The summed E-state index contributed by atoms with van der Waals surface area (Å²) in [4.78, 5) is 8.06. The highest BCUT2D eigenvalue weighted by molar-refractivity contribution is 5.72. The van der Waals surface area contributed by atoms with Crippen molar-refractivity contribution < 1.29 is 9.52 Å². The van der Waals surface area contributed by atoms with Gasteiger partial charge in [-0.15, -0.1) is 0 Å². The highest BCUT2D eigenvalue weighted by atomic mass is 16.4. The standard InChI is InChI=1S/C8H8N2O2/c1-5-9-3-6-2-7(4-11)12-8(6)10-5/h2-3,11H,4H2,1H3. The van der Waals surface area contributed by atoms with Crippen LogP contribution in [0.1, 0.15) is 11.6 Å². The SMILES string of the molecule is Cc1ncc2cc(CO)oc2n1. The Morgan fingerprint density at radius 1 is 1.58 bits per heavy atom. The fourth-order valence-electron chi connectivity index (χ4n) is 1.04. The second-order valence-corrected chi connectivity index (χ2v) is 2.55. The largest absolute Gasteiger partial charge is 0.440 e. The fraction of sp³-hybridized carbons (Fsp3) is 0.250. The molecule has 2 aromatic rings. The maximum Gasteiger partial charge on any atom is 0.229 e. The lowest BCUT2D eigenvalue weighted by Crippen LogP contribution is -1.83. The topological polar surface area (TPSA) is 59.2 Å². The van der Waals surface area contributed by atoms with E-state index in [-0.39, 0.29) is 6.61 Å². The Hall–Kier alpha value is -1.42. The first-order valence-corrected chi connectivity index (χ1v) is 3.62. The van der Waals surface area contributed by atoms with Crippen molar-refractivity contribution in [2.45, 2.75) is 13.5 Å². The van der Waals surface area contributed by atoms with Gasteiger partial charge >= 0.3 is 0 Å². The zero-order valence-electron chi connectivity index (χ0n) is 6.61. The van der Waals surface area contributed by atoms with E-state index < -0.39 is 0 Å². The molecule has 4 nitrogen and oxygen atoms in total. The van der Waals surface area contributed by atoms with Crippen molar-refractivity contribution in [3.05, 3.63) is 23.8 Å². The van der Waals surface area contributed by atoms with Crippen LogP contribution in [0.4, 0.5) is 0 Å². The average molecular weight is 164 g/mol. The maximum absolute atomic E-state index is 8.77. The highest BCUT2D eigenvalue weighted by Crippen LogP contribution is 2.15. The molecule has 0 aliphatic rings.